The minimum Gasteiger partial charge on any atom is -0.481 e. The van der Waals surface area contributed by atoms with E-state index < -0.39 is 5.97 Å². The molecule has 1 rings (SSSR count). The third-order valence-electron chi connectivity index (χ3n) is 2.18. The first-order valence-electron chi connectivity index (χ1n) is 5.33. The molecule has 0 saturated carbocycles. The van der Waals surface area contributed by atoms with Crippen LogP contribution in [0.1, 0.15) is 36.0 Å². The van der Waals surface area contributed by atoms with Crippen LogP contribution >= 0.6 is 15.9 Å². The van der Waals surface area contributed by atoms with Gasteiger partial charge in [0.1, 0.15) is 6.26 Å². The Hall–Kier alpha value is -1.30. The van der Waals surface area contributed by atoms with E-state index in [1.165, 1.54) is 6.26 Å². The highest BCUT2D eigenvalue weighted by Crippen LogP contribution is 2.13. The fourth-order valence-electron chi connectivity index (χ4n) is 1.31. The molecular formula is C11H14BrNO4. The van der Waals surface area contributed by atoms with Gasteiger partial charge in [-0.2, -0.15) is 0 Å². The summed E-state index contributed by atoms with van der Waals surface area (Å²) in [5, 5.41) is 11.2. The number of hydrogen-bond acceptors (Lipinski definition) is 3. The van der Waals surface area contributed by atoms with Gasteiger partial charge in [0.05, 0.1) is 5.56 Å². The normalized spacial score (nSPS) is 10.2. The smallest absolute Gasteiger partial charge is 0.303 e. The lowest BCUT2D eigenvalue weighted by Crippen LogP contribution is -2.23. The Labute approximate surface area is 107 Å². The summed E-state index contributed by atoms with van der Waals surface area (Å²) < 4.78 is 5.47. The van der Waals surface area contributed by atoms with Crippen molar-refractivity contribution in [3.8, 4) is 0 Å². The first-order valence-corrected chi connectivity index (χ1v) is 6.13. The van der Waals surface area contributed by atoms with Gasteiger partial charge in [0.25, 0.3) is 5.91 Å². The lowest BCUT2D eigenvalue weighted by molar-refractivity contribution is -0.137. The summed E-state index contributed by atoms with van der Waals surface area (Å²) in [6, 6.07) is 1.60. The fraction of sp³-hybridized carbons (Fsp3) is 0.455. The summed E-state index contributed by atoms with van der Waals surface area (Å²) in [5.41, 5.74) is 0.474. The van der Waals surface area contributed by atoms with Gasteiger partial charge < -0.3 is 14.8 Å². The number of aliphatic carboxylic acids is 1. The van der Waals surface area contributed by atoms with Gasteiger partial charge in [-0.15, -0.1) is 0 Å². The van der Waals surface area contributed by atoms with E-state index in [1.807, 2.05) is 0 Å². The molecule has 1 heterocycles. The molecule has 2 N–H and O–H groups in total. The molecule has 5 nitrogen and oxygen atoms in total. The highest BCUT2D eigenvalue weighted by molar-refractivity contribution is 9.10. The van der Waals surface area contributed by atoms with Gasteiger partial charge in [-0.1, -0.05) is 6.42 Å². The maximum absolute atomic E-state index is 11.5. The number of hydrogen-bond donors (Lipinski definition) is 2. The Morgan fingerprint density at radius 2 is 2.12 bits per heavy atom. The van der Waals surface area contributed by atoms with Gasteiger partial charge in [-0.25, -0.2) is 0 Å². The Morgan fingerprint density at radius 1 is 1.35 bits per heavy atom. The molecule has 0 unspecified atom stereocenters. The monoisotopic (exact) mass is 303 g/mol. The predicted molar refractivity (Wildman–Crippen MR) is 64.8 cm³/mol. The number of carboxylic acids is 1. The van der Waals surface area contributed by atoms with E-state index in [0.29, 0.717) is 23.2 Å². The molecule has 0 spiro atoms. The average Bonchev–Trinajstić information content (AvgIpc) is 2.69. The van der Waals surface area contributed by atoms with E-state index in [4.69, 9.17) is 9.52 Å². The van der Waals surface area contributed by atoms with Crippen LogP contribution in [0.15, 0.2) is 21.4 Å². The van der Waals surface area contributed by atoms with Crippen molar-refractivity contribution in [2.24, 2.45) is 0 Å². The number of rotatable bonds is 7. The number of nitrogens with one attached hydrogen (secondary N) is 1. The third-order valence-corrected chi connectivity index (χ3v) is 2.60. The van der Waals surface area contributed by atoms with Crippen molar-refractivity contribution in [1.82, 2.24) is 5.32 Å². The number of unbranched alkanes of at least 4 members (excludes halogenated alkanes) is 2. The number of furan rings is 1. The highest BCUT2D eigenvalue weighted by Gasteiger charge is 2.07. The van der Waals surface area contributed by atoms with Crippen LogP contribution in [0.3, 0.4) is 0 Å². The Morgan fingerprint density at radius 3 is 2.71 bits per heavy atom. The summed E-state index contributed by atoms with van der Waals surface area (Å²) in [5.74, 6) is -0.963. The summed E-state index contributed by atoms with van der Waals surface area (Å²) >= 11 is 3.11. The van der Waals surface area contributed by atoms with Crippen molar-refractivity contribution in [3.63, 3.8) is 0 Å². The minimum absolute atomic E-state index is 0.183. The summed E-state index contributed by atoms with van der Waals surface area (Å²) in [4.78, 5) is 21.8. The standard InChI is InChI=1S/C11H14BrNO4/c12-9-6-8(7-17-9)11(16)13-5-3-1-2-4-10(14)15/h6-7H,1-5H2,(H,13,16)(H,14,15). The molecule has 94 valence electrons. The van der Waals surface area contributed by atoms with Crippen LogP contribution in [-0.2, 0) is 4.79 Å². The number of carbonyl (C=O) groups excluding carboxylic acids is 1. The highest BCUT2D eigenvalue weighted by atomic mass is 79.9. The first kappa shape index (κ1) is 13.8. The second-order valence-electron chi connectivity index (χ2n) is 3.60. The number of amides is 1. The molecule has 1 aromatic rings. The zero-order valence-electron chi connectivity index (χ0n) is 9.24. The third kappa shape index (κ3) is 5.53. The zero-order valence-corrected chi connectivity index (χ0v) is 10.8. The molecule has 0 aliphatic rings. The van der Waals surface area contributed by atoms with Gasteiger partial charge in [0.2, 0.25) is 0 Å². The van der Waals surface area contributed by atoms with Crippen LogP contribution in [0.2, 0.25) is 0 Å². The maximum Gasteiger partial charge on any atom is 0.303 e. The molecule has 1 amide bonds. The van der Waals surface area contributed by atoms with Crippen LogP contribution in [0, 0.1) is 0 Å². The average molecular weight is 304 g/mol. The molecule has 0 aliphatic heterocycles. The molecule has 0 aromatic carbocycles. The number of halogens is 1. The Bertz CT molecular complexity index is 389. The summed E-state index contributed by atoms with van der Waals surface area (Å²) in [6.45, 7) is 0.543. The Balaban J connectivity index is 2.11. The Kier molecular flexibility index (Phi) is 5.76. The van der Waals surface area contributed by atoms with Crippen LogP contribution in [0.4, 0.5) is 0 Å². The van der Waals surface area contributed by atoms with Gasteiger partial charge in [0, 0.05) is 19.0 Å². The summed E-state index contributed by atoms with van der Waals surface area (Å²) in [6.07, 6.45) is 3.77. The lowest BCUT2D eigenvalue weighted by atomic mass is 10.2. The first-order chi connectivity index (χ1) is 8.09. The van der Waals surface area contributed by atoms with E-state index in [9.17, 15) is 9.59 Å². The van der Waals surface area contributed by atoms with Crippen LogP contribution in [0.5, 0.6) is 0 Å². The van der Waals surface area contributed by atoms with E-state index in [1.54, 1.807) is 6.07 Å². The molecule has 0 aliphatic carbocycles. The molecular weight excluding hydrogens is 290 g/mol. The molecule has 0 saturated heterocycles. The molecule has 0 bridgehead atoms. The topological polar surface area (TPSA) is 79.5 Å². The van der Waals surface area contributed by atoms with Crippen molar-refractivity contribution in [2.75, 3.05) is 6.54 Å². The maximum atomic E-state index is 11.5. The van der Waals surface area contributed by atoms with Crippen molar-refractivity contribution >= 4 is 27.8 Å². The molecule has 1 aromatic heterocycles. The van der Waals surface area contributed by atoms with Crippen LogP contribution < -0.4 is 5.32 Å². The van der Waals surface area contributed by atoms with Gasteiger partial charge in [-0.05, 0) is 28.8 Å². The SMILES string of the molecule is O=C(O)CCCCCNC(=O)c1coc(Br)c1. The quantitative estimate of drug-likeness (QED) is 0.758. The van der Waals surface area contributed by atoms with Crippen molar-refractivity contribution in [3.05, 3.63) is 22.6 Å². The molecule has 17 heavy (non-hydrogen) atoms. The van der Waals surface area contributed by atoms with Crippen LogP contribution in [-0.4, -0.2) is 23.5 Å². The van der Waals surface area contributed by atoms with Crippen molar-refractivity contribution < 1.29 is 19.1 Å². The molecule has 0 fully saturated rings. The summed E-state index contributed by atoms with van der Waals surface area (Å²) in [7, 11) is 0. The van der Waals surface area contributed by atoms with E-state index >= 15 is 0 Å². The number of carbonyl (C=O) groups is 2. The van der Waals surface area contributed by atoms with Crippen molar-refractivity contribution in [2.45, 2.75) is 25.7 Å². The van der Waals surface area contributed by atoms with Gasteiger partial charge in [-0.3, -0.25) is 9.59 Å². The lowest BCUT2D eigenvalue weighted by Gasteiger charge is -2.02. The predicted octanol–water partition coefficient (Wildman–Crippen LogP) is 2.42. The largest absolute Gasteiger partial charge is 0.481 e. The zero-order chi connectivity index (χ0) is 12.7. The second kappa shape index (κ2) is 7.11. The minimum atomic E-state index is -0.780. The van der Waals surface area contributed by atoms with Gasteiger partial charge in [0.15, 0.2) is 4.67 Å². The fourth-order valence-corrected chi connectivity index (χ4v) is 1.65. The van der Waals surface area contributed by atoms with Gasteiger partial charge >= 0.3 is 5.97 Å². The van der Waals surface area contributed by atoms with Crippen LogP contribution in [0.25, 0.3) is 0 Å². The molecule has 0 atom stereocenters. The number of carboxylic acid groups (broad SMARTS) is 1. The van der Waals surface area contributed by atoms with E-state index in [-0.39, 0.29) is 12.3 Å². The van der Waals surface area contributed by atoms with E-state index in [2.05, 4.69) is 21.2 Å². The van der Waals surface area contributed by atoms with Crippen molar-refractivity contribution in [1.29, 1.82) is 0 Å². The molecule has 0 radical (unpaired) electrons. The van der Waals surface area contributed by atoms with E-state index in [0.717, 1.165) is 12.8 Å². The second-order valence-corrected chi connectivity index (χ2v) is 4.38. The molecule has 6 heteroatoms.